The third-order valence-electron chi connectivity index (χ3n) is 1.94. The monoisotopic (exact) mass is 240 g/mol. The standard InChI is InChI=1S/C12H17FN2S/c1-8-5-6-9(13)7-10(8)14-11(16)15-12(2,3)4/h5-7H,1-4H3,(H2,14,15,16). The molecule has 0 amide bonds. The predicted octanol–water partition coefficient (Wildman–Crippen LogP) is 3.22. The first-order chi connectivity index (χ1) is 7.28. The third kappa shape index (κ3) is 4.14. The molecule has 1 aromatic carbocycles. The van der Waals surface area contributed by atoms with Gasteiger partial charge in [-0.3, -0.25) is 0 Å². The van der Waals surface area contributed by atoms with Gasteiger partial charge in [-0.1, -0.05) is 6.07 Å². The van der Waals surface area contributed by atoms with Gasteiger partial charge in [0.05, 0.1) is 0 Å². The molecule has 2 N–H and O–H groups in total. The lowest BCUT2D eigenvalue weighted by Gasteiger charge is -2.23. The van der Waals surface area contributed by atoms with Crippen LogP contribution in [0.5, 0.6) is 0 Å². The first-order valence-electron chi connectivity index (χ1n) is 5.13. The van der Waals surface area contributed by atoms with Crippen LogP contribution in [-0.2, 0) is 0 Å². The van der Waals surface area contributed by atoms with Crippen LogP contribution in [0.25, 0.3) is 0 Å². The van der Waals surface area contributed by atoms with Crippen molar-refractivity contribution in [2.24, 2.45) is 0 Å². The van der Waals surface area contributed by atoms with Gasteiger partial charge in [-0.15, -0.1) is 0 Å². The fourth-order valence-electron chi connectivity index (χ4n) is 1.22. The maximum absolute atomic E-state index is 13.0. The Morgan fingerprint density at radius 1 is 1.31 bits per heavy atom. The van der Waals surface area contributed by atoms with E-state index in [9.17, 15) is 4.39 Å². The van der Waals surface area contributed by atoms with Crippen LogP contribution < -0.4 is 10.6 Å². The predicted molar refractivity (Wildman–Crippen MR) is 70.2 cm³/mol. The lowest BCUT2D eigenvalue weighted by atomic mass is 10.1. The van der Waals surface area contributed by atoms with E-state index in [-0.39, 0.29) is 11.4 Å². The summed E-state index contributed by atoms with van der Waals surface area (Å²) in [5, 5.41) is 6.60. The molecular formula is C12H17FN2S. The molecule has 0 heterocycles. The molecule has 0 unspecified atom stereocenters. The van der Waals surface area contributed by atoms with Gasteiger partial charge in [-0.2, -0.15) is 0 Å². The van der Waals surface area contributed by atoms with Crippen LogP contribution in [0, 0.1) is 12.7 Å². The SMILES string of the molecule is Cc1ccc(F)cc1NC(=S)NC(C)(C)C. The molecular weight excluding hydrogens is 223 g/mol. The Labute approximate surface area is 101 Å². The van der Waals surface area contributed by atoms with E-state index >= 15 is 0 Å². The van der Waals surface area contributed by atoms with Gasteiger partial charge in [0.2, 0.25) is 0 Å². The molecule has 0 radical (unpaired) electrons. The average Bonchev–Trinajstić information content (AvgIpc) is 2.08. The van der Waals surface area contributed by atoms with Gasteiger partial charge in [-0.05, 0) is 57.6 Å². The number of aryl methyl sites for hydroxylation is 1. The van der Waals surface area contributed by atoms with Crippen molar-refractivity contribution in [3.8, 4) is 0 Å². The van der Waals surface area contributed by atoms with Crippen LogP contribution in [-0.4, -0.2) is 10.7 Å². The van der Waals surface area contributed by atoms with Crippen LogP contribution in [0.4, 0.5) is 10.1 Å². The lowest BCUT2D eigenvalue weighted by molar-refractivity contribution is 0.515. The second-order valence-electron chi connectivity index (χ2n) is 4.79. The van der Waals surface area contributed by atoms with Crippen molar-refractivity contribution in [2.45, 2.75) is 33.2 Å². The Kier molecular flexibility index (Phi) is 3.86. The number of hydrogen-bond acceptors (Lipinski definition) is 1. The summed E-state index contributed by atoms with van der Waals surface area (Å²) in [6.07, 6.45) is 0. The summed E-state index contributed by atoms with van der Waals surface area (Å²) in [6.45, 7) is 7.94. The zero-order valence-corrected chi connectivity index (χ0v) is 10.8. The largest absolute Gasteiger partial charge is 0.358 e. The quantitative estimate of drug-likeness (QED) is 0.737. The van der Waals surface area contributed by atoms with Gasteiger partial charge in [0.1, 0.15) is 5.82 Å². The molecule has 0 fully saturated rings. The zero-order chi connectivity index (χ0) is 12.3. The molecule has 1 rings (SSSR count). The summed E-state index contributed by atoms with van der Waals surface area (Å²) in [6, 6.07) is 4.59. The molecule has 0 spiro atoms. The van der Waals surface area contributed by atoms with Crippen molar-refractivity contribution in [2.75, 3.05) is 5.32 Å². The number of anilines is 1. The molecule has 0 aliphatic heterocycles. The van der Waals surface area contributed by atoms with Gasteiger partial charge in [0, 0.05) is 11.2 Å². The summed E-state index contributed by atoms with van der Waals surface area (Å²) >= 11 is 5.14. The van der Waals surface area contributed by atoms with Crippen LogP contribution >= 0.6 is 12.2 Å². The van der Waals surface area contributed by atoms with Crippen LogP contribution in [0.15, 0.2) is 18.2 Å². The fourth-order valence-corrected chi connectivity index (χ4v) is 1.64. The first-order valence-corrected chi connectivity index (χ1v) is 5.54. The van der Waals surface area contributed by atoms with Crippen LogP contribution in [0.1, 0.15) is 26.3 Å². The zero-order valence-electron chi connectivity index (χ0n) is 10.0. The van der Waals surface area contributed by atoms with E-state index in [4.69, 9.17) is 12.2 Å². The summed E-state index contributed by atoms with van der Waals surface area (Å²) < 4.78 is 13.0. The van der Waals surface area contributed by atoms with E-state index in [1.807, 2.05) is 27.7 Å². The maximum Gasteiger partial charge on any atom is 0.171 e. The molecule has 4 heteroatoms. The first kappa shape index (κ1) is 12.9. The highest BCUT2D eigenvalue weighted by Crippen LogP contribution is 2.16. The molecule has 2 nitrogen and oxygen atoms in total. The summed E-state index contributed by atoms with van der Waals surface area (Å²) in [5.74, 6) is -0.272. The van der Waals surface area contributed by atoms with E-state index in [2.05, 4.69) is 10.6 Å². The van der Waals surface area contributed by atoms with Crippen molar-refractivity contribution in [3.63, 3.8) is 0 Å². The number of benzene rings is 1. The van der Waals surface area contributed by atoms with E-state index in [1.54, 1.807) is 6.07 Å². The highest BCUT2D eigenvalue weighted by molar-refractivity contribution is 7.80. The second kappa shape index (κ2) is 4.78. The third-order valence-corrected chi connectivity index (χ3v) is 2.14. The molecule has 16 heavy (non-hydrogen) atoms. The van der Waals surface area contributed by atoms with Crippen molar-refractivity contribution in [3.05, 3.63) is 29.6 Å². The number of nitrogens with one attached hydrogen (secondary N) is 2. The molecule has 0 saturated heterocycles. The van der Waals surface area contributed by atoms with Gasteiger partial charge < -0.3 is 10.6 Å². The Hall–Kier alpha value is -1.16. The van der Waals surface area contributed by atoms with E-state index in [1.165, 1.54) is 12.1 Å². The topological polar surface area (TPSA) is 24.1 Å². The molecule has 88 valence electrons. The van der Waals surface area contributed by atoms with Crippen molar-refractivity contribution in [1.29, 1.82) is 0 Å². The Morgan fingerprint density at radius 3 is 2.50 bits per heavy atom. The van der Waals surface area contributed by atoms with Gasteiger partial charge >= 0.3 is 0 Å². The normalized spacial score (nSPS) is 11.1. The fraction of sp³-hybridized carbons (Fsp3) is 0.417. The summed E-state index contributed by atoms with van der Waals surface area (Å²) in [5.41, 5.74) is 1.55. The summed E-state index contributed by atoms with van der Waals surface area (Å²) in [7, 11) is 0. The van der Waals surface area contributed by atoms with E-state index in [0.29, 0.717) is 10.8 Å². The smallest absolute Gasteiger partial charge is 0.171 e. The number of thiocarbonyl (C=S) groups is 1. The van der Waals surface area contributed by atoms with Crippen molar-refractivity contribution < 1.29 is 4.39 Å². The molecule has 0 aliphatic rings. The van der Waals surface area contributed by atoms with Crippen molar-refractivity contribution >= 4 is 23.0 Å². The molecule has 0 bridgehead atoms. The van der Waals surface area contributed by atoms with Gasteiger partial charge in [-0.25, -0.2) is 4.39 Å². The van der Waals surface area contributed by atoms with Gasteiger partial charge in [0.15, 0.2) is 5.11 Å². The lowest BCUT2D eigenvalue weighted by Crippen LogP contribution is -2.43. The molecule has 0 aromatic heterocycles. The molecule has 0 atom stereocenters. The number of halogens is 1. The van der Waals surface area contributed by atoms with E-state index < -0.39 is 0 Å². The summed E-state index contributed by atoms with van der Waals surface area (Å²) in [4.78, 5) is 0. The van der Waals surface area contributed by atoms with Crippen molar-refractivity contribution in [1.82, 2.24) is 5.32 Å². The Bertz CT molecular complexity index is 396. The number of hydrogen-bond donors (Lipinski definition) is 2. The minimum Gasteiger partial charge on any atom is -0.358 e. The Morgan fingerprint density at radius 2 is 1.94 bits per heavy atom. The minimum absolute atomic E-state index is 0.106. The van der Waals surface area contributed by atoms with Crippen LogP contribution in [0.2, 0.25) is 0 Å². The maximum atomic E-state index is 13.0. The Balaban J connectivity index is 2.73. The minimum atomic E-state index is -0.272. The highest BCUT2D eigenvalue weighted by Gasteiger charge is 2.11. The molecule has 1 aromatic rings. The second-order valence-corrected chi connectivity index (χ2v) is 5.20. The van der Waals surface area contributed by atoms with Crippen LogP contribution in [0.3, 0.4) is 0 Å². The molecule has 0 aliphatic carbocycles. The van der Waals surface area contributed by atoms with Gasteiger partial charge in [0.25, 0.3) is 0 Å². The molecule has 0 saturated carbocycles. The highest BCUT2D eigenvalue weighted by atomic mass is 32.1. The average molecular weight is 240 g/mol. The number of rotatable bonds is 1. The van der Waals surface area contributed by atoms with E-state index in [0.717, 1.165) is 5.56 Å².